The molecule has 32 heavy (non-hydrogen) atoms. The van der Waals surface area contributed by atoms with Crippen LogP contribution in [0.15, 0.2) is 11.6 Å². The molecular formula is C25H36O7. The molecule has 0 bridgehead atoms. The lowest BCUT2D eigenvalue weighted by molar-refractivity contribution is -0.181. The lowest BCUT2D eigenvalue weighted by Crippen LogP contribution is -2.61. The number of allylic oxidation sites excluding steroid dienone is 1. The minimum atomic E-state index is -1.91. The number of ketones is 1. The summed E-state index contributed by atoms with van der Waals surface area (Å²) < 4.78 is 10.4. The summed E-state index contributed by atoms with van der Waals surface area (Å²) in [6.07, 6.45) is 6.31. The van der Waals surface area contributed by atoms with E-state index in [1.807, 2.05) is 6.92 Å². The van der Waals surface area contributed by atoms with Crippen LogP contribution in [0.4, 0.5) is 0 Å². The molecule has 8 atom stereocenters. The number of hydrogen-bond acceptors (Lipinski definition) is 7. The second kappa shape index (κ2) is 7.94. The number of fused-ring (bicyclic) bond motifs is 5. The van der Waals surface area contributed by atoms with E-state index in [9.17, 15) is 24.6 Å². The van der Waals surface area contributed by atoms with E-state index in [2.05, 4.69) is 13.0 Å². The third-order valence-electron chi connectivity index (χ3n) is 9.44. The summed E-state index contributed by atoms with van der Waals surface area (Å²) in [5.74, 6) is -0.761. The van der Waals surface area contributed by atoms with Gasteiger partial charge in [0, 0.05) is 25.7 Å². The SMILES string of the molecule is CC(=O)OCC(=O)[C@@]1(O)[C@H](O)C[C@@H]2[C@@H]3CC=C4C[C@H](OC(C)=O)CC[C@]4(C)[C@H]3CC[C@]21C. The van der Waals surface area contributed by atoms with E-state index in [1.165, 1.54) is 19.4 Å². The van der Waals surface area contributed by atoms with Gasteiger partial charge in [0.25, 0.3) is 0 Å². The number of rotatable bonds is 4. The largest absolute Gasteiger partial charge is 0.462 e. The van der Waals surface area contributed by atoms with Gasteiger partial charge in [0.05, 0.1) is 6.10 Å². The summed E-state index contributed by atoms with van der Waals surface area (Å²) in [6.45, 7) is 6.40. The summed E-state index contributed by atoms with van der Waals surface area (Å²) in [7, 11) is 0. The van der Waals surface area contributed by atoms with Crippen LogP contribution >= 0.6 is 0 Å². The Hall–Kier alpha value is -1.73. The van der Waals surface area contributed by atoms with Crippen molar-refractivity contribution < 1.29 is 34.1 Å². The quantitative estimate of drug-likeness (QED) is 0.503. The van der Waals surface area contributed by atoms with Crippen molar-refractivity contribution >= 4 is 17.7 Å². The molecule has 2 N–H and O–H groups in total. The molecule has 0 spiro atoms. The number of aliphatic hydroxyl groups excluding tert-OH is 1. The fourth-order valence-corrected chi connectivity index (χ4v) is 7.76. The first kappa shape index (κ1) is 23.4. The molecule has 0 saturated heterocycles. The number of ether oxygens (including phenoxy) is 2. The van der Waals surface area contributed by atoms with Gasteiger partial charge in [-0.2, -0.15) is 0 Å². The van der Waals surface area contributed by atoms with Crippen LogP contribution in [-0.4, -0.2) is 52.4 Å². The molecule has 0 aromatic heterocycles. The van der Waals surface area contributed by atoms with E-state index >= 15 is 0 Å². The van der Waals surface area contributed by atoms with E-state index < -0.39 is 35.5 Å². The van der Waals surface area contributed by atoms with Crippen molar-refractivity contribution in [2.24, 2.45) is 28.6 Å². The molecule has 0 aromatic rings. The molecule has 178 valence electrons. The molecule has 3 saturated carbocycles. The zero-order valence-corrected chi connectivity index (χ0v) is 19.6. The van der Waals surface area contributed by atoms with Gasteiger partial charge in [-0.15, -0.1) is 0 Å². The monoisotopic (exact) mass is 448 g/mol. The van der Waals surface area contributed by atoms with Gasteiger partial charge in [0.15, 0.2) is 12.2 Å². The normalized spacial score (nSPS) is 45.1. The highest BCUT2D eigenvalue weighted by molar-refractivity contribution is 5.91. The van der Waals surface area contributed by atoms with E-state index in [0.717, 1.165) is 32.1 Å². The molecule has 7 nitrogen and oxygen atoms in total. The molecule has 4 rings (SSSR count). The predicted octanol–water partition coefficient (Wildman–Crippen LogP) is 2.71. The third kappa shape index (κ3) is 3.35. The van der Waals surface area contributed by atoms with Crippen molar-refractivity contribution in [3.8, 4) is 0 Å². The van der Waals surface area contributed by atoms with Gasteiger partial charge in [-0.1, -0.05) is 25.5 Å². The van der Waals surface area contributed by atoms with Gasteiger partial charge in [-0.05, 0) is 61.7 Å². The highest BCUT2D eigenvalue weighted by Crippen LogP contribution is 2.67. The van der Waals surface area contributed by atoms with Gasteiger partial charge in [-0.25, -0.2) is 0 Å². The summed E-state index contributed by atoms with van der Waals surface area (Å²) >= 11 is 0. The number of hydrogen-bond donors (Lipinski definition) is 2. The van der Waals surface area contributed by atoms with Crippen molar-refractivity contribution in [1.82, 2.24) is 0 Å². The van der Waals surface area contributed by atoms with Gasteiger partial charge in [-0.3, -0.25) is 14.4 Å². The lowest BCUT2D eigenvalue weighted by atomic mass is 9.46. The second-order valence-corrected chi connectivity index (χ2v) is 10.9. The Bertz CT molecular complexity index is 849. The first-order valence-electron chi connectivity index (χ1n) is 11.9. The van der Waals surface area contributed by atoms with Crippen LogP contribution in [0.2, 0.25) is 0 Å². The fourth-order valence-electron chi connectivity index (χ4n) is 7.76. The smallest absolute Gasteiger partial charge is 0.303 e. The van der Waals surface area contributed by atoms with Crippen molar-refractivity contribution in [1.29, 1.82) is 0 Å². The fraction of sp³-hybridized carbons (Fsp3) is 0.800. The van der Waals surface area contributed by atoms with Crippen LogP contribution in [-0.2, 0) is 23.9 Å². The average Bonchev–Trinajstić information content (AvgIpc) is 2.93. The minimum absolute atomic E-state index is 0.00310. The Balaban J connectivity index is 1.59. The van der Waals surface area contributed by atoms with Crippen molar-refractivity contribution in [3.05, 3.63) is 11.6 Å². The van der Waals surface area contributed by atoms with Gasteiger partial charge >= 0.3 is 11.9 Å². The molecule has 3 fully saturated rings. The first-order valence-corrected chi connectivity index (χ1v) is 11.9. The topological polar surface area (TPSA) is 110 Å². The van der Waals surface area contributed by atoms with Crippen molar-refractivity contribution in [2.45, 2.75) is 90.4 Å². The van der Waals surface area contributed by atoms with Crippen LogP contribution in [0.25, 0.3) is 0 Å². The molecule has 0 aromatic carbocycles. The first-order chi connectivity index (χ1) is 14.9. The predicted molar refractivity (Wildman–Crippen MR) is 115 cm³/mol. The standard InChI is InChI=1S/C25H36O7/c1-14(26)31-13-22(29)25(30)21(28)12-20-18-6-5-16-11-17(32-15(2)27)7-9-23(16,3)19(18)8-10-24(20,25)4/h5,17-21,28,30H,6-13H2,1-4H3/t17-,18-,19+,20-,21-,23+,24-,25+/m1/s1. The van der Waals surface area contributed by atoms with E-state index in [1.54, 1.807) is 0 Å². The zero-order chi connectivity index (χ0) is 23.5. The number of esters is 2. The van der Waals surface area contributed by atoms with Gasteiger partial charge in [0.1, 0.15) is 6.10 Å². The maximum atomic E-state index is 13.0. The Labute approximate surface area is 189 Å². The lowest BCUT2D eigenvalue weighted by Gasteiger charge is -2.58. The molecule has 0 amide bonds. The summed E-state index contributed by atoms with van der Waals surface area (Å²) in [4.78, 5) is 35.6. The zero-order valence-electron chi connectivity index (χ0n) is 19.6. The van der Waals surface area contributed by atoms with Crippen molar-refractivity contribution in [3.63, 3.8) is 0 Å². The average molecular weight is 449 g/mol. The molecule has 0 unspecified atom stereocenters. The summed E-state index contributed by atoms with van der Waals surface area (Å²) in [5, 5.41) is 22.5. The van der Waals surface area contributed by atoms with Gasteiger partial charge < -0.3 is 19.7 Å². The maximum Gasteiger partial charge on any atom is 0.303 e. The molecule has 0 heterocycles. The Morgan fingerprint density at radius 3 is 2.47 bits per heavy atom. The number of carbonyl (C=O) groups excluding carboxylic acids is 3. The van der Waals surface area contributed by atoms with Crippen molar-refractivity contribution in [2.75, 3.05) is 6.61 Å². The number of aliphatic hydroxyl groups is 2. The Morgan fingerprint density at radius 2 is 1.81 bits per heavy atom. The number of carbonyl (C=O) groups is 3. The molecule has 4 aliphatic rings. The molecule has 0 aliphatic heterocycles. The van der Waals surface area contributed by atoms with Crippen LogP contribution in [0, 0.1) is 28.6 Å². The third-order valence-corrected chi connectivity index (χ3v) is 9.44. The summed E-state index contributed by atoms with van der Waals surface area (Å²) in [5.41, 5.74) is -1.30. The second-order valence-electron chi connectivity index (χ2n) is 10.9. The summed E-state index contributed by atoms with van der Waals surface area (Å²) in [6, 6.07) is 0. The van der Waals surface area contributed by atoms with Crippen LogP contribution in [0.5, 0.6) is 0 Å². The highest BCUT2D eigenvalue weighted by Gasteiger charge is 2.69. The van der Waals surface area contributed by atoms with E-state index in [-0.39, 0.29) is 29.3 Å². The highest BCUT2D eigenvalue weighted by atomic mass is 16.5. The van der Waals surface area contributed by atoms with E-state index in [4.69, 9.17) is 9.47 Å². The molecule has 7 heteroatoms. The molecule has 0 radical (unpaired) electrons. The van der Waals surface area contributed by atoms with Crippen LogP contribution in [0.1, 0.15) is 72.6 Å². The van der Waals surface area contributed by atoms with E-state index in [0.29, 0.717) is 18.8 Å². The molecular weight excluding hydrogens is 412 g/mol. The number of Topliss-reactive ketones (excluding diaryl/α,β-unsaturated/α-hetero) is 1. The molecule has 4 aliphatic carbocycles. The minimum Gasteiger partial charge on any atom is -0.462 e. The maximum absolute atomic E-state index is 13.0. The van der Waals surface area contributed by atoms with Crippen LogP contribution < -0.4 is 0 Å². The van der Waals surface area contributed by atoms with Crippen LogP contribution in [0.3, 0.4) is 0 Å². The Morgan fingerprint density at radius 1 is 1.09 bits per heavy atom. The Kier molecular flexibility index (Phi) is 5.82. The van der Waals surface area contributed by atoms with Gasteiger partial charge in [0.2, 0.25) is 5.78 Å².